The quantitative estimate of drug-likeness (QED) is 0.436. The number of hydrogen-bond acceptors (Lipinski definition) is 2. The van der Waals surface area contributed by atoms with Crippen LogP contribution in [0.15, 0.2) is 29.3 Å². The summed E-state index contributed by atoms with van der Waals surface area (Å²) >= 11 is 0. The topological polar surface area (TPSA) is 45.7 Å². The standard InChI is InChI=1S/C16H27N3O/c1-4-6-12-18-16(17-3)19-13-11-14-9-7-8-10-15(14)20-5-2/h7-10H,4-6,11-13H2,1-3H3,(H2,17,18,19). The summed E-state index contributed by atoms with van der Waals surface area (Å²) in [5, 5.41) is 6.63. The van der Waals surface area contributed by atoms with Crippen molar-refractivity contribution in [3.63, 3.8) is 0 Å². The van der Waals surface area contributed by atoms with Crippen molar-refractivity contribution in [2.45, 2.75) is 33.1 Å². The van der Waals surface area contributed by atoms with E-state index < -0.39 is 0 Å². The van der Waals surface area contributed by atoms with Crippen LogP contribution in [-0.4, -0.2) is 32.7 Å². The van der Waals surface area contributed by atoms with Crippen LogP contribution < -0.4 is 15.4 Å². The Hall–Kier alpha value is -1.71. The van der Waals surface area contributed by atoms with Gasteiger partial charge in [-0.1, -0.05) is 31.5 Å². The maximum absolute atomic E-state index is 5.63. The van der Waals surface area contributed by atoms with Crippen molar-refractivity contribution in [3.8, 4) is 5.75 Å². The van der Waals surface area contributed by atoms with E-state index in [1.165, 1.54) is 12.0 Å². The first-order valence-electron chi connectivity index (χ1n) is 7.47. The van der Waals surface area contributed by atoms with Crippen LogP contribution in [0.25, 0.3) is 0 Å². The molecule has 20 heavy (non-hydrogen) atoms. The molecular formula is C16H27N3O. The van der Waals surface area contributed by atoms with Gasteiger partial charge in [0.05, 0.1) is 6.61 Å². The van der Waals surface area contributed by atoms with Crippen molar-refractivity contribution >= 4 is 5.96 Å². The lowest BCUT2D eigenvalue weighted by atomic mass is 10.1. The Morgan fingerprint density at radius 3 is 2.60 bits per heavy atom. The molecule has 0 amide bonds. The number of nitrogens with one attached hydrogen (secondary N) is 2. The molecule has 0 bridgehead atoms. The Balaban J connectivity index is 2.39. The number of rotatable bonds is 8. The summed E-state index contributed by atoms with van der Waals surface area (Å²) in [4.78, 5) is 4.21. The van der Waals surface area contributed by atoms with Gasteiger partial charge in [0.15, 0.2) is 5.96 Å². The van der Waals surface area contributed by atoms with Gasteiger partial charge in [-0.15, -0.1) is 0 Å². The molecule has 1 rings (SSSR count). The molecule has 0 atom stereocenters. The Bertz CT molecular complexity index is 404. The van der Waals surface area contributed by atoms with E-state index >= 15 is 0 Å². The third-order valence-electron chi connectivity index (χ3n) is 3.01. The molecule has 0 aliphatic rings. The van der Waals surface area contributed by atoms with Crippen LogP contribution in [0.5, 0.6) is 5.75 Å². The van der Waals surface area contributed by atoms with Crippen LogP contribution in [0, 0.1) is 0 Å². The number of ether oxygens (including phenoxy) is 1. The van der Waals surface area contributed by atoms with E-state index in [0.717, 1.165) is 37.6 Å². The van der Waals surface area contributed by atoms with E-state index in [1.807, 2.05) is 25.1 Å². The van der Waals surface area contributed by atoms with Crippen molar-refractivity contribution in [2.24, 2.45) is 4.99 Å². The zero-order chi connectivity index (χ0) is 14.6. The molecule has 4 heteroatoms. The maximum Gasteiger partial charge on any atom is 0.190 e. The summed E-state index contributed by atoms with van der Waals surface area (Å²) < 4.78 is 5.63. The molecule has 0 aromatic heterocycles. The highest BCUT2D eigenvalue weighted by molar-refractivity contribution is 5.79. The molecule has 0 radical (unpaired) electrons. The zero-order valence-corrected chi connectivity index (χ0v) is 12.9. The first kappa shape index (κ1) is 16.3. The zero-order valence-electron chi connectivity index (χ0n) is 12.9. The number of para-hydroxylation sites is 1. The fourth-order valence-electron chi connectivity index (χ4n) is 1.93. The minimum absolute atomic E-state index is 0.699. The molecule has 4 nitrogen and oxygen atoms in total. The summed E-state index contributed by atoms with van der Waals surface area (Å²) in [5.41, 5.74) is 1.23. The number of unbranched alkanes of at least 4 members (excludes halogenated alkanes) is 1. The van der Waals surface area contributed by atoms with Crippen LogP contribution in [0.4, 0.5) is 0 Å². The SMILES string of the molecule is CCCCNC(=NC)NCCc1ccccc1OCC. The van der Waals surface area contributed by atoms with Gasteiger partial charge in [0.25, 0.3) is 0 Å². The largest absolute Gasteiger partial charge is 0.494 e. The molecule has 0 unspecified atom stereocenters. The van der Waals surface area contributed by atoms with Crippen molar-refractivity contribution in [1.82, 2.24) is 10.6 Å². The van der Waals surface area contributed by atoms with Gasteiger partial charge in [0.1, 0.15) is 5.75 Å². The molecule has 1 aromatic carbocycles. The molecular weight excluding hydrogens is 250 g/mol. The lowest BCUT2D eigenvalue weighted by Crippen LogP contribution is -2.38. The number of hydrogen-bond donors (Lipinski definition) is 2. The Labute approximate surface area is 122 Å². The summed E-state index contributed by atoms with van der Waals surface area (Å²) in [6.07, 6.45) is 3.27. The normalized spacial score (nSPS) is 11.2. The molecule has 2 N–H and O–H groups in total. The highest BCUT2D eigenvalue weighted by Crippen LogP contribution is 2.17. The first-order valence-corrected chi connectivity index (χ1v) is 7.47. The fraction of sp³-hybridized carbons (Fsp3) is 0.562. The molecule has 0 heterocycles. The lowest BCUT2D eigenvalue weighted by Gasteiger charge is -2.13. The van der Waals surface area contributed by atoms with Crippen molar-refractivity contribution in [2.75, 3.05) is 26.7 Å². The Morgan fingerprint density at radius 1 is 1.15 bits per heavy atom. The Morgan fingerprint density at radius 2 is 1.90 bits per heavy atom. The number of benzene rings is 1. The first-order chi connectivity index (χ1) is 9.81. The molecule has 0 saturated heterocycles. The van der Waals surface area contributed by atoms with E-state index in [1.54, 1.807) is 7.05 Å². The van der Waals surface area contributed by atoms with Crippen molar-refractivity contribution < 1.29 is 4.74 Å². The summed E-state index contributed by atoms with van der Waals surface area (Å²) in [6.45, 7) is 6.70. The second-order valence-electron chi connectivity index (χ2n) is 4.57. The van der Waals surface area contributed by atoms with Gasteiger partial charge in [-0.05, 0) is 31.4 Å². The molecule has 112 valence electrons. The van der Waals surface area contributed by atoms with Gasteiger partial charge in [0.2, 0.25) is 0 Å². The predicted octanol–water partition coefficient (Wildman–Crippen LogP) is 2.59. The van der Waals surface area contributed by atoms with E-state index in [4.69, 9.17) is 4.74 Å². The molecule has 1 aromatic rings. The van der Waals surface area contributed by atoms with E-state index in [2.05, 4.69) is 28.6 Å². The molecule has 0 fully saturated rings. The second-order valence-corrected chi connectivity index (χ2v) is 4.57. The fourth-order valence-corrected chi connectivity index (χ4v) is 1.93. The highest BCUT2D eigenvalue weighted by Gasteiger charge is 2.02. The van der Waals surface area contributed by atoms with Crippen LogP contribution in [-0.2, 0) is 6.42 Å². The van der Waals surface area contributed by atoms with E-state index in [9.17, 15) is 0 Å². The molecule has 0 saturated carbocycles. The Kier molecular flexibility index (Phi) is 8.27. The molecule has 0 spiro atoms. The van der Waals surface area contributed by atoms with Gasteiger partial charge in [0, 0.05) is 20.1 Å². The average molecular weight is 277 g/mol. The van der Waals surface area contributed by atoms with Crippen LogP contribution in [0.1, 0.15) is 32.3 Å². The minimum Gasteiger partial charge on any atom is -0.494 e. The van der Waals surface area contributed by atoms with Gasteiger partial charge >= 0.3 is 0 Å². The van der Waals surface area contributed by atoms with Gasteiger partial charge in [-0.25, -0.2) is 0 Å². The third kappa shape index (κ3) is 5.95. The maximum atomic E-state index is 5.63. The lowest BCUT2D eigenvalue weighted by molar-refractivity contribution is 0.336. The van der Waals surface area contributed by atoms with Gasteiger partial charge in [-0.3, -0.25) is 4.99 Å². The predicted molar refractivity (Wildman–Crippen MR) is 85.6 cm³/mol. The summed E-state index contributed by atoms with van der Waals surface area (Å²) in [5.74, 6) is 1.85. The smallest absolute Gasteiger partial charge is 0.190 e. The van der Waals surface area contributed by atoms with Crippen LogP contribution in [0.3, 0.4) is 0 Å². The van der Waals surface area contributed by atoms with Gasteiger partial charge < -0.3 is 15.4 Å². The third-order valence-corrected chi connectivity index (χ3v) is 3.01. The van der Waals surface area contributed by atoms with Crippen molar-refractivity contribution in [3.05, 3.63) is 29.8 Å². The number of guanidine groups is 1. The molecule has 0 aliphatic carbocycles. The van der Waals surface area contributed by atoms with Crippen molar-refractivity contribution in [1.29, 1.82) is 0 Å². The summed E-state index contributed by atoms with van der Waals surface area (Å²) in [6, 6.07) is 8.19. The number of nitrogens with zero attached hydrogens (tertiary/aromatic N) is 1. The average Bonchev–Trinajstić information content (AvgIpc) is 2.48. The minimum atomic E-state index is 0.699. The van der Waals surface area contributed by atoms with Crippen LogP contribution in [0.2, 0.25) is 0 Å². The number of aliphatic imine (C=N–C) groups is 1. The molecule has 0 aliphatic heterocycles. The summed E-state index contributed by atoms with van der Waals surface area (Å²) in [7, 11) is 1.80. The van der Waals surface area contributed by atoms with E-state index in [-0.39, 0.29) is 0 Å². The highest BCUT2D eigenvalue weighted by atomic mass is 16.5. The monoisotopic (exact) mass is 277 g/mol. The van der Waals surface area contributed by atoms with Gasteiger partial charge in [-0.2, -0.15) is 0 Å². The van der Waals surface area contributed by atoms with Crippen LogP contribution >= 0.6 is 0 Å². The second kappa shape index (κ2) is 10.1. The van der Waals surface area contributed by atoms with E-state index in [0.29, 0.717) is 6.61 Å².